The lowest BCUT2D eigenvalue weighted by molar-refractivity contribution is -0.0752. The van der Waals surface area contributed by atoms with Crippen LogP contribution in [0.25, 0.3) is 0 Å². The van der Waals surface area contributed by atoms with Crippen LogP contribution in [0.5, 0.6) is 5.75 Å². The molecule has 3 rings (SSSR count). The minimum Gasteiger partial charge on any atom is -0.506 e. The van der Waals surface area contributed by atoms with Gasteiger partial charge in [0.25, 0.3) is 5.91 Å². The molecule has 1 aromatic heterocycles. The second-order valence-corrected chi connectivity index (χ2v) is 5.19. The molecule has 0 spiro atoms. The summed E-state index contributed by atoms with van der Waals surface area (Å²) < 4.78 is 5.76. The summed E-state index contributed by atoms with van der Waals surface area (Å²) in [5.74, 6) is -0.0251. The number of aromatic hydroxyl groups is 1. The summed E-state index contributed by atoms with van der Waals surface area (Å²) in [6, 6.07) is 1.65. The highest BCUT2D eigenvalue weighted by molar-refractivity contribution is 5.94. The van der Waals surface area contributed by atoms with Gasteiger partial charge in [0.1, 0.15) is 5.75 Å². The van der Waals surface area contributed by atoms with Crippen LogP contribution in [0.1, 0.15) is 36.0 Å². The van der Waals surface area contributed by atoms with Crippen LogP contribution in [0.4, 0.5) is 0 Å². The summed E-state index contributed by atoms with van der Waals surface area (Å²) in [4.78, 5) is 18.3. The van der Waals surface area contributed by atoms with E-state index < -0.39 is 0 Å². The van der Waals surface area contributed by atoms with Crippen LogP contribution in [-0.2, 0) is 4.74 Å². The van der Waals surface area contributed by atoms with Gasteiger partial charge in [-0.05, 0) is 18.9 Å². The van der Waals surface area contributed by atoms with E-state index in [4.69, 9.17) is 4.74 Å². The third-order valence-electron chi connectivity index (χ3n) is 3.96. The van der Waals surface area contributed by atoms with E-state index in [1.807, 2.05) is 4.90 Å². The fourth-order valence-electron chi connectivity index (χ4n) is 3.06. The lowest BCUT2D eigenvalue weighted by Crippen LogP contribution is -2.54. The van der Waals surface area contributed by atoms with E-state index in [0.29, 0.717) is 18.7 Å². The Balaban J connectivity index is 1.82. The number of carbonyl (C=O) groups excluding carboxylic acids is 1. The Bertz CT molecular complexity index is 476. The van der Waals surface area contributed by atoms with Crippen molar-refractivity contribution >= 4 is 5.91 Å². The first-order valence-corrected chi connectivity index (χ1v) is 6.82. The van der Waals surface area contributed by atoms with Crippen LogP contribution in [-0.4, -0.2) is 46.2 Å². The predicted molar refractivity (Wildman–Crippen MR) is 68.9 cm³/mol. The second-order valence-electron chi connectivity index (χ2n) is 5.19. The van der Waals surface area contributed by atoms with Gasteiger partial charge >= 0.3 is 0 Å². The van der Waals surface area contributed by atoms with Crippen LogP contribution in [0.2, 0.25) is 0 Å². The topological polar surface area (TPSA) is 62.7 Å². The maximum atomic E-state index is 12.5. The summed E-state index contributed by atoms with van der Waals surface area (Å²) in [7, 11) is 0. The van der Waals surface area contributed by atoms with E-state index in [0.717, 1.165) is 19.3 Å². The quantitative estimate of drug-likeness (QED) is 0.834. The standard InChI is InChI=1S/C14H18N2O3/c17-11-7-10(8-15-9-11)14(18)16-5-6-19-13-4-2-1-3-12(13)16/h7-9,12-13,17H,1-6H2. The number of amides is 1. The van der Waals surface area contributed by atoms with Gasteiger partial charge in [-0.3, -0.25) is 9.78 Å². The number of hydrogen-bond donors (Lipinski definition) is 1. The van der Waals surface area contributed by atoms with Crippen molar-refractivity contribution in [3.05, 3.63) is 24.0 Å². The van der Waals surface area contributed by atoms with E-state index in [2.05, 4.69) is 4.98 Å². The maximum absolute atomic E-state index is 12.5. The van der Waals surface area contributed by atoms with Gasteiger partial charge in [-0.15, -0.1) is 0 Å². The molecule has 5 nitrogen and oxygen atoms in total. The van der Waals surface area contributed by atoms with Gasteiger partial charge in [-0.25, -0.2) is 0 Å². The minimum atomic E-state index is -0.0522. The van der Waals surface area contributed by atoms with Gasteiger partial charge in [0.05, 0.1) is 30.5 Å². The van der Waals surface area contributed by atoms with Crippen molar-refractivity contribution < 1.29 is 14.6 Å². The fourth-order valence-corrected chi connectivity index (χ4v) is 3.06. The molecule has 2 unspecified atom stereocenters. The molecule has 1 N–H and O–H groups in total. The molecule has 1 aliphatic carbocycles. The molecule has 1 amide bonds. The monoisotopic (exact) mass is 262 g/mol. The van der Waals surface area contributed by atoms with Gasteiger partial charge < -0.3 is 14.7 Å². The summed E-state index contributed by atoms with van der Waals surface area (Å²) in [6.07, 6.45) is 7.38. The van der Waals surface area contributed by atoms with E-state index >= 15 is 0 Å². The van der Waals surface area contributed by atoms with Crippen LogP contribution in [0.15, 0.2) is 18.5 Å². The first-order chi connectivity index (χ1) is 9.25. The van der Waals surface area contributed by atoms with Crippen molar-refractivity contribution in [3.8, 4) is 5.75 Å². The van der Waals surface area contributed by atoms with Crippen molar-refractivity contribution in [2.75, 3.05) is 13.2 Å². The van der Waals surface area contributed by atoms with Crippen molar-refractivity contribution in [1.82, 2.24) is 9.88 Å². The number of fused-ring (bicyclic) bond motifs is 1. The van der Waals surface area contributed by atoms with Crippen LogP contribution < -0.4 is 0 Å². The molecule has 2 fully saturated rings. The maximum Gasteiger partial charge on any atom is 0.255 e. The van der Waals surface area contributed by atoms with Crippen LogP contribution >= 0.6 is 0 Å². The van der Waals surface area contributed by atoms with E-state index in [-0.39, 0.29) is 23.8 Å². The molecule has 2 atom stereocenters. The Morgan fingerprint density at radius 3 is 3.05 bits per heavy atom. The fraction of sp³-hybridized carbons (Fsp3) is 0.571. The van der Waals surface area contributed by atoms with Crippen molar-refractivity contribution in [1.29, 1.82) is 0 Å². The van der Waals surface area contributed by atoms with Gasteiger partial charge in [0, 0.05) is 12.7 Å². The number of pyridine rings is 1. The van der Waals surface area contributed by atoms with Gasteiger partial charge in [0.2, 0.25) is 0 Å². The van der Waals surface area contributed by atoms with Gasteiger partial charge in [-0.1, -0.05) is 12.8 Å². The third-order valence-corrected chi connectivity index (χ3v) is 3.96. The molecule has 19 heavy (non-hydrogen) atoms. The highest BCUT2D eigenvalue weighted by Gasteiger charge is 2.37. The zero-order chi connectivity index (χ0) is 13.2. The first kappa shape index (κ1) is 12.4. The second kappa shape index (κ2) is 5.17. The molecule has 1 saturated heterocycles. The third kappa shape index (κ3) is 2.42. The molecule has 5 heteroatoms. The first-order valence-electron chi connectivity index (χ1n) is 6.82. The molecule has 2 aliphatic rings. The molecule has 2 heterocycles. The summed E-state index contributed by atoms with van der Waals surface area (Å²) in [6.45, 7) is 1.22. The number of rotatable bonds is 1. The molecule has 0 aromatic carbocycles. The highest BCUT2D eigenvalue weighted by atomic mass is 16.5. The largest absolute Gasteiger partial charge is 0.506 e. The molecule has 0 bridgehead atoms. The highest BCUT2D eigenvalue weighted by Crippen LogP contribution is 2.29. The molecule has 1 aromatic rings. The van der Waals surface area contributed by atoms with Crippen molar-refractivity contribution in [2.24, 2.45) is 0 Å². The Labute approximate surface area is 112 Å². The molecular weight excluding hydrogens is 244 g/mol. The molecule has 102 valence electrons. The predicted octanol–water partition coefficient (Wildman–Crippen LogP) is 1.57. The molecular formula is C14H18N2O3. The lowest BCUT2D eigenvalue weighted by atomic mass is 9.90. The normalized spacial score (nSPS) is 26.8. The van der Waals surface area contributed by atoms with Gasteiger partial charge in [0.15, 0.2) is 0 Å². The summed E-state index contributed by atoms with van der Waals surface area (Å²) in [5.41, 5.74) is 0.450. The molecule has 0 radical (unpaired) electrons. The van der Waals surface area contributed by atoms with E-state index in [1.54, 1.807) is 0 Å². The van der Waals surface area contributed by atoms with Crippen LogP contribution in [0.3, 0.4) is 0 Å². The zero-order valence-electron chi connectivity index (χ0n) is 10.8. The van der Waals surface area contributed by atoms with Crippen LogP contribution in [0, 0.1) is 0 Å². The SMILES string of the molecule is O=C(c1cncc(O)c1)N1CCOC2CCCCC21. The number of nitrogens with zero attached hydrogens (tertiary/aromatic N) is 2. The minimum absolute atomic E-state index is 0.0271. The Morgan fingerprint density at radius 1 is 1.37 bits per heavy atom. The number of ether oxygens (including phenoxy) is 1. The van der Waals surface area contributed by atoms with Crippen molar-refractivity contribution in [3.63, 3.8) is 0 Å². The van der Waals surface area contributed by atoms with Crippen molar-refractivity contribution in [2.45, 2.75) is 37.8 Å². The van der Waals surface area contributed by atoms with E-state index in [1.165, 1.54) is 24.9 Å². The Morgan fingerprint density at radius 2 is 2.21 bits per heavy atom. The number of morpholine rings is 1. The summed E-state index contributed by atoms with van der Waals surface area (Å²) in [5, 5.41) is 9.43. The number of carbonyl (C=O) groups is 1. The average Bonchev–Trinajstić information content (AvgIpc) is 2.46. The summed E-state index contributed by atoms with van der Waals surface area (Å²) >= 11 is 0. The lowest BCUT2D eigenvalue weighted by Gasteiger charge is -2.43. The Hall–Kier alpha value is -1.62. The zero-order valence-corrected chi connectivity index (χ0v) is 10.8. The smallest absolute Gasteiger partial charge is 0.255 e. The van der Waals surface area contributed by atoms with Gasteiger partial charge in [-0.2, -0.15) is 0 Å². The Kier molecular flexibility index (Phi) is 3.38. The average molecular weight is 262 g/mol. The molecule has 1 aliphatic heterocycles. The number of hydrogen-bond acceptors (Lipinski definition) is 4. The van der Waals surface area contributed by atoms with E-state index in [9.17, 15) is 9.90 Å². The molecule has 1 saturated carbocycles. The number of aromatic nitrogens is 1.